The summed E-state index contributed by atoms with van der Waals surface area (Å²) in [5.74, 6) is 0.434. The molecular formula is C10H17NO2. The van der Waals surface area contributed by atoms with Crippen molar-refractivity contribution in [3.05, 3.63) is 0 Å². The lowest BCUT2D eigenvalue weighted by Crippen LogP contribution is -2.27. The van der Waals surface area contributed by atoms with Crippen molar-refractivity contribution in [2.45, 2.75) is 39.2 Å². The van der Waals surface area contributed by atoms with E-state index < -0.39 is 0 Å². The Morgan fingerprint density at radius 3 is 3.00 bits per heavy atom. The second-order valence-electron chi connectivity index (χ2n) is 3.35. The fourth-order valence-electron chi connectivity index (χ4n) is 1.54. The van der Waals surface area contributed by atoms with Crippen LogP contribution in [0.15, 0.2) is 4.99 Å². The molecule has 0 fully saturated rings. The largest absolute Gasteiger partial charge is 0.464 e. The Hall–Kier alpha value is -0.860. The van der Waals surface area contributed by atoms with Gasteiger partial charge in [-0.05, 0) is 25.7 Å². The van der Waals surface area contributed by atoms with Crippen LogP contribution in [0.25, 0.3) is 0 Å². The summed E-state index contributed by atoms with van der Waals surface area (Å²) in [6.07, 6.45) is 4.83. The lowest BCUT2D eigenvalue weighted by Gasteiger charge is -2.21. The molecule has 1 heterocycles. The molecule has 3 nitrogen and oxygen atoms in total. The second-order valence-corrected chi connectivity index (χ2v) is 3.35. The first-order valence-corrected chi connectivity index (χ1v) is 4.96. The van der Waals surface area contributed by atoms with Crippen LogP contribution in [0.1, 0.15) is 33.1 Å². The first-order valence-electron chi connectivity index (χ1n) is 4.96. The first kappa shape index (κ1) is 10.2. The number of hydrogen-bond donors (Lipinski definition) is 0. The minimum atomic E-state index is -0.237. The lowest BCUT2D eigenvalue weighted by molar-refractivity contribution is -0.145. The van der Waals surface area contributed by atoms with E-state index in [-0.39, 0.29) is 12.0 Å². The zero-order valence-electron chi connectivity index (χ0n) is 8.32. The number of aliphatic imine (C=N–C) groups is 1. The molecule has 0 radical (unpaired) electrons. The molecule has 0 aromatic carbocycles. The topological polar surface area (TPSA) is 38.7 Å². The van der Waals surface area contributed by atoms with E-state index in [1.54, 1.807) is 0 Å². The highest BCUT2D eigenvalue weighted by atomic mass is 16.5. The van der Waals surface area contributed by atoms with Crippen LogP contribution in [-0.4, -0.2) is 24.8 Å². The molecule has 0 amide bonds. The molecule has 1 aliphatic heterocycles. The van der Waals surface area contributed by atoms with Crippen molar-refractivity contribution < 1.29 is 9.53 Å². The zero-order chi connectivity index (χ0) is 9.68. The van der Waals surface area contributed by atoms with Gasteiger partial charge >= 0.3 is 5.97 Å². The summed E-state index contributed by atoms with van der Waals surface area (Å²) in [4.78, 5) is 15.5. The molecule has 0 aromatic rings. The number of carbonyl (C=O) groups is 1. The van der Waals surface area contributed by atoms with Gasteiger partial charge < -0.3 is 4.74 Å². The number of nitrogens with zero attached hydrogens (tertiary/aromatic N) is 1. The SMILES string of the molecule is CCOC(=O)C1CC(CC)CC=N1. The van der Waals surface area contributed by atoms with E-state index in [1.165, 1.54) is 0 Å². The molecule has 1 aliphatic rings. The van der Waals surface area contributed by atoms with Crippen molar-refractivity contribution in [2.24, 2.45) is 10.9 Å². The normalized spacial score (nSPS) is 27.2. The average molecular weight is 183 g/mol. The molecule has 74 valence electrons. The third-order valence-electron chi connectivity index (χ3n) is 2.42. The van der Waals surface area contributed by atoms with E-state index in [9.17, 15) is 4.79 Å². The molecule has 1 rings (SSSR count). The summed E-state index contributed by atoms with van der Waals surface area (Å²) in [5.41, 5.74) is 0. The number of hydrogen-bond acceptors (Lipinski definition) is 3. The van der Waals surface area contributed by atoms with Gasteiger partial charge in [0.2, 0.25) is 0 Å². The molecule has 3 heteroatoms. The van der Waals surface area contributed by atoms with Crippen molar-refractivity contribution >= 4 is 12.2 Å². The van der Waals surface area contributed by atoms with Crippen LogP contribution < -0.4 is 0 Å². The summed E-state index contributed by atoms with van der Waals surface area (Å²) in [6.45, 7) is 4.41. The Balaban J connectivity index is 2.46. The van der Waals surface area contributed by atoms with Crippen LogP contribution >= 0.6 is 0 Å². The van der Waals surface area contributed by atoms with Crippen molar-refractivity contribution in [1.82, 2.24) is 0 Å². The Morgan fingerprint density at radius 1 is 1.62 bits per heavy atom. The van der Waals surface area contributed by atoms with Gasteiger partial charge in [-0.3, -0.25) is 4.99 Å². The maximum absolute atomic E-state index is 11.3. The van der Waals surface area contributed by atoms with Gasteiger partial charge in [-0.2, -0.15) is 0 Å². The fourth-order valence-corrected chi connectivity index (χ4v) is 1.54. The van der Waals surface area contributed by atoms with Crippen molar-refractivity contribution in [3.8, 4) is 0 Å². The van der Waals surface area contributed by atoms with E-state index in [0.717, 1.165) is 19.3 Å². The Kier molecular flexibility index (Phi) is 3.93. The van der Waals surface area contributed by atoms with E-state index in [0.29, 0.717) is 12.5 Å². The maximum atomic E-state index is 11.3. The quantitative estimate of drug-likeness (QED) is 0.626. The van der Waals surface area contributed by atoms with Gasteiger partial charge in [-0.25, -0.2) is 4.79 Å². The molecule has 0 N–H and O–H groups in total. The summed E-state index contributed by atoms with van der Waals surface area (Å²) >= 11 is 0. The van der Waals surface area contributed by atoms with Gasteiger partial charge in [0.15, 0.2) is 0 Å². The summed E-state index contributed by atoms with van der Waals surface area (Å²) in [7, 11) is 0. The van der Waals surface area contributed by atoms with E-state index in [4.69, 9.17) is 4.74 Å². The maximum Gasteiger partial charge on any atom is 0.330 e. The molecule has 2 atom stereocenters. The monoisotopic (exact) mass is 183 g/mol. The van der Waals surface area contributed by atoms with Crippen LogP contribution in [0.3, 0.4) is 0 Å². The third kappa shape index (κ3) is 2.83. The molecular weight excluding hydrogens is 166 g/mol. The van der Waals surface area contributed by atoms with Crippen LogP contribution in [0.2, 0.25) is 0 Å². The number of rotatable bonds is 3. The summed E-state index contributed by atoms with van der Waals surface area (Å²) in [6, 6.07) is -0.237. The number of ether oxygens (including phenoxy) is 1. The Morgan fingerprint density at radius 2 is 2.38 bits per heavy atom. The van der Waals surface area contributed by atoms with Gasteiger partial charge in [0.25, 0.3) is 0 Å². The smallest absolute Gasteiger partial charge is 0.330 e. The standard InChI is InChI=1S/C10H17NO2/c1-3-8-5-6-11-9(7-8)10(12)13-4-2/h6,8-9H,3-5,7H2,1-2H3. The van der Waals surface area contributed by atoms with Crippen molar-refractivity contribution in [2.75, 3.05) is 6.61 Å². The van der Waals surface area contributed by atoms with Crippen LogP contribution in [0.4, 0.5) is 0 Å². The minimum Gasteiger partial charge on any atom is -0.464 e. The molecule has 0 bridgehead atoms. The van der Waals surface area contributed by atoms with E-state index >= 15 is 0 Å². The van der Waals surface area contributed by atoms with E-state index in [1.807, 2.05) is 13.1 Å². The Bertz CT molecular complexity index is 201. The van der Waals surface area contributed by atoms with Crippen LogP contribution in [0, 0.1) is 5.92 Å². The van der Waals surface area contributed by atoms with Gasteiger partial charge in [0.1, 0.15) is 6.04 Å². The summed E-state index contributed by atoms with van der Waals surface area (Å²) < 4.78 is 4.92. The van der Waals surface area contributed by atoms with Gasteiger partial charge in [-0.1, -0.05) is 13.3 Å². The van der Waals surface area contributed by atoms with Crippen LogP contribution in [-0.2, 0) is 9.53 Å². The van der Waals surface area contributed by atoms with E-state index in [2.05, 4.69) is 11.9 Å². The van der Waals surface area contributed by atoms with Gasteiger partial charge in [-0.15, -0.1) is 0 Å². The highest BCUT2D eigenvalue weighted by Crippen LogP contribution is 2.20. The molecule has 0 saturated carbocycles. The predicted octanol–water partition coefficient (Wildman–Crippen LogP) is 1.81. The summed E-state index contributed by atoms with van der Waals surface area (Å²) in [5, 5.41) is 0. The van der Waals surface area contributed by atoms with Crippen molar-refractivity contribution in [1.29, 1.82) is 0 Å². The lowest BCUT2D eigenvalue weighted by atomic mass is 9.92. The number of carbonyl (C=O) groups excluding carboxylic acids is 1. The predicted molar refractivity (Wildman–Crippen MR) is 51.9 cm³/mol. The molecule has 13 heavy (non-hydrogen) atoms. The molecule has 0 spiro atoms. The fraction of sp³-hybridized carbons (Fsp3) is 0.800. The second kappa shape index (κ2) is 5.00. The molecule has 0 saturated heterocycles. The van der Waals surface area contributed by atoms with Crippen LogP contribution in [0.5, 0.6) is 0 Å². The van der Waals surface area contributed by atoms with Crippen molar-refractivity contribution in [3.63, 3.8) is 0 Å². The van der Waals surface area contributed by atoms with Gasteiger partial charge in [0.05, 0.1) is 6.61 Å². The highest BCUT2D eigenvalue weighted by Gasteiger charge is 2.24. The molecule has 2 unspecified atom stereocenters. The van der Waals surface area contributed by atoms with Gasteiger partial charge in [0, 0.05) is 6.21 Å². The minimum absolute atomic E-state index is 0.170. The molecule has 0 aromatic heterocycles. The zero-order valence-corrected chi connectivity index (χ0v) is 8.32. The first-order chi connectivity index (χ1) is 6.27. The third-order valence-corrected chi connectivity index (χ3v) is 2.42. The average Bonchev–Trinajstić information content (AvgIpc) is 2.18. The number of esters is 1. The Labute approximate surface area is 79.2 Å². The molecule has 0 aliphatic carbocycles. The highest BCUT2D eigenvalue weighted by molar-refractivity contribution is 5.78.